The van der Waals surface area contributed by atoms with Crippen LogP contribution >= 0.6 is 0 Å². The Labute approximate surface area is 218 Å². The Hall–Kier alpha value is -4.21. The maximum atomic E-state index is 13.5. The van der Waals surface area contributed by atoms with Gasteiger partial charge in [0, 0.05) is 31.3 Å². The lowest BCUT2D eigenvalue weighted by atomic mass is 10.1. The first kappa shape index (κ1) is 26.8. The second kappa shape index (κ2) is 11.0. The van der Waals surface area contributed by atoms with Crippen molar-refractivity contribution in [3.63, 3.8) is 0 Å². The van der Waals surface area contributed by atoms with Crippen LogP contribution in [0.3, 0.4) is 0 Å². The summed E-state index contributed by atoms with van der Waals surface area (Å²) in [4.78, 5) is 29.7. The van der Waals surface area contributed by atoms with Crippen molar-refractivity contribution in [1.29, 1.82) is 0 Å². The number of hydrogen-bond donors (Lipinski definition) is 1. The molecule has 1 fully saturated rings. The van der Waals surface area contributed by atoms with Crippen molar-refractivity contribution >= 4 is 23.3 Å². The van der Waals surface area contributed by atoms with Gasteiger partial charge in [-0.2, -0.15) is 13.2 Å². The molecule has 1 N–H and O–H groups in total. The molecule has 200 valence electrons. The van der Waals surface area contributed by atoms with Gasteiger partial charge in [0.05, 0.1) is 31.2 Å². The molecule has 0 aliphatic carbocycles. The zero-order valence-corrected chi connectivity index (χ0v) is 21.3. The van der Waals surface area contributed by atoms with E-state index >= 15 is 0 Å². The van der Waals surface area contributed by atoms with E-state index in [2.05, 4.69) is 5.32 Å². The van der Waals surface area contributed by atoms with Gasteiger partial charge >= 0.3 is 12.2 Å². The number of urea groups is 1. The molecule has 3 amide bonds. The van der Waals surface area contributed by atoms with Crippen molar-refractivity contribution < 1.29 is 32.2 Å². The molecule has 7 nitrogen and oxygen atoms in total. The number of amides is 3. The van der Waals surface area contributed by atoms with E-state index in [9.17, 15) is 22.8 Å². The van der Waals surface area contributed by atoms with Crippen molar-refractivity contribution in [3.8, 4) is 11.5 Å². The summed E-state index contributed by atoms with van der Waals surface area (Å²) in [6.45, 7) is 3.18. The predicted molar refractivity (Wildman–Crippen MR) is 138 cm³/mol. The van der Waals surface area contributed by atoms with Crippen LogP contribution in [0.1, 0.15) is 33.5 Å². The Morgan fingerprint density at radius 2 is 1.61 bits per heavy atom. The lowest BCUT2D eigenvalue weighted by molar-refractivity contribution is -0.137. The van der Waals surface area contributed by atoms with Gasteiger partial charge in [-0.05, 0) is 73.0 Å². The third-order valence-electron chi connectivity index (χ3n) is 6.26. The third-order valence-corrected chi connectivity index (χ3v) is 6.26. The maximum absolute atomic E-state index is 13.5. The predicted octanol–water partition coefficient (Wildman–Crippen LogP) is 6.12. The molecule has 0 bridgehead atoms. The summed E-state index contributed by atoms with van der Waals surface area (Å²) < 4.78 is 49.4. The number of methoxy groups -OCH3 is 2. The third kappa shape index (κ3) is 6.01. The molecule has 0 saturated carbocycles. The normalized spacial score (nSPS) is 13.9. The molecule has 1 saturated heterocycles. The molecule has 1 heterocycles. The number of rotatable bonds is 7. The van der Waals surface area contributed by atoms with E-state index < -0.39 is 17.6 Å². The van der Waals surface area contributed by atoms with E-state index in [1.54, 1.807) is 42.2 Å². The number of hydrogen-bond acceptors (Lipinski definition) is 4. The molecule has 1 aliphatic rings. The summed E-state index contributed by atoms with van der Waals surface area (Å²) in [5.41, 5.74) is 1.83. The number of alkyl halides is 3. The first-order chi connectivity index (χ1) is 18.1. The summed E-state index contributed by atoms with van der Waals surface area (Å²) >= 11 is 0. The SMILES string of the molecule is COc1cc(CN2CCCN(c3ccc(C)cc3NC(=O)c3ccc(C(F)(F)F)cc3)C2=O)cc(OC)c1. The second-order valence-electron chi connectivity index (χ2n) is 8.98. The first-order valence-electron chi connectivity index (χ1n) is 12.0. The van der Waals surface area contributed by atoms with Crippen LogP contribution in [0.5, 0.6) is 11.5 Å². The molecule has 10 heteroatoms. The zero-order valence-electron chi connectivity index (χ0n) is 21.3. The van der Waals surface area contributed by atoms with E-state index in [4.69, 9.17) is 9.47 Å². The van der Waals surface area contributed by atoms with Gasteiger partial charge in [-0.15, -0.1) is 0 Å². The van der Waals surface area contributed by atoms with Crippen molar-refractivity contribution in [2.75, 3.05) is 37.5 Å². The van der Waals surface area contributed by atoms with Crippen LogP contribution in [0.25, 0.3) is 0 Å². The van der Waals surface area contributed by atoms with Crippen LogP contribution in [-0.2, 0) is 12.7 Å². The largest absolute Gasteiger partial charge is 0.497 e. The molecular weight excluding hydrogens is 499 g/mol. The molecule has 4 rings (SSSR count). The lowest BCUT2D eigenvalue weighted by Gasteiger charge is -2.36. The number of nitrogens with one attached hydrogen (secondary N) is 1. The fraction of sp³-hybridized carbons (Fsp3) is 0.286. The molecule has 0 unspecified atom stereocenters. The molecule has 1 aliphatic heterocycles. The molecule has 38 heavy (non-hydrogen) atoms. The van der Waals surface area contributed by atoms with Crippen molar-refractivity contribution in [2.45, 2.75) is 26.1 Å². The van der Waals surface area contributed by atoms with Crippen molar-refractivity contribution in [2.24, 2.45) is 0 Å². The fourth-order valence-electron chi connectivity index (χ4n) is 4.32. The Kier molecular flexibility index (Phi) is 7.80. The number of halogens is 3. The number of carbonyl (C=O) groups is 2. The molecule has 3 aromatic carbocycles. The number of ether oxygens (including phenoxy) is 2. The summed E-state index contributed by atoms with van der Waals surface area (Å²) in [5.74, 6) is 0.662. The van der Waals surface area contributed by atoms with E-state index in [-0.39, 0.29) is 11.6 Å². The highest BCUT2D eigenvalue weighted by atomic mass is 19.4. The first-order valence-corrected chi connectivity index (χ1v) is 12.0. The number of nitrogens with zero attached hydrogens (tertiary/aromatic N) is 2. The van der Waals surface area contributed by atoms with Crippen LogP contribution in [0.2, 0.25) is 0 Å². The molecule has 0 atom stereocenters. The van der Waals surface area contributed by atoms with Gasteiger partial charge in [-0.3, -0.25) is 9.69 Å². The maximum Gasteiger partial charge on any atom is 0.416 e. The Bertz CT molecular complexity index is 1300. The minimum absolute atomic E-state index is 0.0732. The topological polar surface area (TPSA) is 71.1 Å². The van der Waals surface area contributed by atoms with Crippen LogP contribution in [-0.4, -0.2) is 44.1 Å². The van der Waals surface area contributed by atoms with E-state index in [1.807, 2.05) is 25.1 Å². The Morgan fingerprint density at radius 1 is 0.947 bits per heavy atom. The summed E-state index contributed by atoms with van der Waals surface area (Å²) in [6.07, 6.45) is -3.79. The highest BCUT2D eigenvalue weighted by Crippen LogP contribution is 2.32. The fourth-order valence-corrected chi connectivity index (χ4v) is 4.32. The van der Waals surface area contributed by atoms with Crippen LogP contribution in [0.4, 0.5) is 29.3 Å². The average Bonchev–Trinajstić information content (AvgIpc) is 2.89. The molecular formula is C28H28F3N3O4. The van der Waals surface area contributed by atoms with E-state index in [0.717, 1.165) is 35.4 Å². The number of benzene rings is 3. The summed E-state index contributed by atoms with van der Waals surface area (Å²) in [7, 11) is 3.12. The summed E-state index contributed by atoms with van der Waals surface area (Å²) in [5, 5.41) is 2.77. The van der Waals surface area contributed by atoms with Gasteiger partial charge < -0.3 is 19.7 Å². The number of aryl methyl sites for hydroxylation is 1. The highest BCUT2D eigenvalue weighted by molar-refractivity contribution is 6.07. The second-order valence-corrected chi connectivity index (χ2v) is 8.98. The molecule has 3 aromatic rings. The highest BCUT2D eigenvalue weighted by Gasteiger charge is 2.31. The number of carbonyl (C=O) groups excluding carboxylic acids is 2. The van der Waals surface area contributed by atoms with E-state index in [1.165, 1.54) is 0 Å². The quantitative estimate of drug-likeness (QED) is 0.402. The van der Waals surface area contributed by atoms with Crippen molar-refractivity contribution in [1.82, 2.24) is 4.90 Å². The standard InChI is InChI=1S/C28H28F3N3O4/c1-18-5-10-25(24(13-18)32-26(35)20-6-8-21(9-7-20)28(29,30)31)34-12-4-11-33(27(34)36)17-19-14-22(37-2)16-23(15-19)38-3/h5-10,13-16H,4,11-12,17H2,1-3H3,(H,32,35). The van der Waals surface area contributed by atoms with Crippen LogP contribution < -0.4 is 19.7 Å². The summed E-state index contributed by atoms with van der Waals surface area (Å²) in [6, 6.07) is 14.5. The van der Waals surface area contributed by atoms with Gasteiger partial charge in [-0.25, -0.2) is 4.79 Å². The average molecular weight is 528 g/mol. The molecule has 0 spiro atoms. The Morgan fingerprint density at radius 3 is 2.21 bits per heavy atom. The monoisotopic (exact) mass is 527 g/mol. The van der Waals surface area contributed by atoms with Crippen molar-refractivity contribution in [3.05, 3.63) is 82.9 Å². The smallest absolute Gasteiger partial charge is 0.416 e. The van der Waals surface area contributed by atoms with Crippen LogP contribution in [0, 0.1) is 6.92 Å². The minimum Gasteiger partial charge on any atom is -0.497 e. The van der Waals surface area contributed by atoms with Crippen LogP contribution in [0.15, 0.2) is 60.7 Å². The Balaban J connectivity index is 1.56. The van der Waals surface area contributed by atoms with Gasteiger partial charge in [-0.1, -0.05) is 6.07 Å². The van der Waals surface area contributed by atoms with Gasteiger partial charge in [0.15, 0.2) is 0 Å². The van der Waals surface area contributed by atoms with Gasteiger partial charge in [0.25, 0.3) is 5.91 Å². The van der Waals surface area contributed by atoms with Gasteiger partial charge in [0.1, 0.15) is 11.5 Å². The zero-order chi connectivity index (χ0) is 27.4. The molecule has 0 aromatic heterocycles. The molecule has 0 radical (unpaired) electrons. The minimum atomic E-state index is -4.49. The van der Waals surface area contributed by atoms with E-state index in [0.29, 0.717) is 48.9 Å². The van der Waals surface area contributed by atoms with Gasteiger partial charge in [0.2, 0.25) is 0 Å². The number of anilines is 2. The lowest BCUT2D eigenvalue weighted by Crippen LogP contribution is -2.49.